The van der Waals surface area contributed by atoms with Gasteiger partial charge in [0, 0.05) is 25.7 Å². The average molecular weight is 483 g/mol. The van der Waals surface area contributed by atoms with Gasteiger partial charge in [-0.3, -0.25) is 9.59 Å². The zero-order valence-corrected chi connectivity index (χ0v) is 21.3. The van der Waals surface area contributed by atoms with Crippen molar-refractivity contribution < 1.29 is 28.5 Å². The van der Waals surface area contributed by atoms with E-state index in [0.717, 1.165) is 18.4 Å². The average Bonchev–Trinajstić information content (AvgIpc) is 2.89. The van der Waals surface area contributed by atoms with Crippen LogP contribution in [-0.2, 0) is 4.79 Å². The number of rotatable bonds is 6. The van der Waals surface area contributed by atoms with Crippen LogP contribution in [0.3, 0.4) is 0 Å². The van der Waals surface area contributed by atoms with Crippen molar-refractivity contribution in [1.29, 1.82) is 0 Å². The number of benzene rings is 2. The fourth-order valence-corrected chi connectivity index (χ4v) is 5.19. The number of ether oxygens (including phenoxy) is 4. The molecule has 0 radical (unpaired) electrons. The van der Waals surface area contributed by atoms with Gasteiger partial charge < -0.3 is 28.7 Å². The Labute approximate surface area is 206 Å². The number of likely N-dealkylation sites (N-methyl/N-ethyl adjacent to an activating group) is 1. The molecule has 4 rings (SSSR count). The molecule has 0 aliphatic carbocycles. The maximum absolute atomic E-state index is 14.2. The second-order valence-electron chi connectivity index (χ2n) is 9.26. The molecule has 1 fully saturated rings. The van der Waals surface area contributed by atoms with E-state index >= 15 is 0 Å². The van der Waals surface area contributed by atoms with Crippen LogP contribution in [0.25, 0.3) is 0 Å². The third kappa shape index (κ3) is 4.37. The molecule has 2 aromatic rings. The molecule has 8 heteroatoms. The number of carbonyl (C=O) groups excluding carboxylic acids is 2. The van der Waals surface area contributed by atoms with Gasteiger partial charge in [0.25, 0.3) is 5.91 Å². The molecule has 2 aromatic carbocycles. The first-order chi connectivity index (χ1) is 16.8. The highest BCUT2D eigenvalue weighted by Crippen LogP contribution is 2.47. The molecule has 2 amide bonds. The summed E-state index contributed by atoms with van der Waals surface area (Å²) >= 11 is 0. The molecule has 35 heavy (non-hydrogen) atoms. The number of amides is 2. The van der Waals surface area contributed by atoms with Gasteiger partial charge in [0.1, 0.15) is 0 Å². The lowest BCUT2D eigenvalue weighted by atomic mass is 9.78. The van der Waals surface area contributed by atoms with Crippen LogP contribution in [-0.4, -0.2) is 70.2 Å². The minimum absolute atomic E-state index is 0.00417. The van der Waals surface area contributed by atoms with E-state index in [1.54, 1.807) is 51.5 Å². The SMILES string of the molecule is COc1ccc([C@@H]2[C@@H](C(=O)N3CCC(C)CC3)c3cc(OC)c(OC)cc3C(=O)N2C)cc1OC. The number of methoxy groups -OCH3 is 4. The van der Waals surface area contributed by atoms with Crippen LogP contribution in [0.1, 0.15) is 53.2 Å². The lowest BCUT2D eigenvalue weighted by Gasteiger charge is -2.43. The van der Waals surface area contributed by atoms with Crippen molar-refractivity contribution in [2.24, 2.45) is 5.92 Å². The van der Waals surface area contributed by atoms with E-state index in [2.05, 4.69) is 6.92 Å². The Morgan fingerprint density at radius 2 is 1.43 bits per heavy atom. The fourth-order valence-electron chi connectivity index (χ4n) is 5.19. The Hall–Kier alpha value is -3.42. The highest BCUT2D eigenvalue weighted by molar-refractivity contribution is 6.02. The number of hydrogen-bond donors (Lipinski definition) is 0. The quantitative estimate of drug-likeness (QED) is 0.622. The zero-order chi connectivity index (χ0) is 25.3. The summed E-state index contributed by atoms with van der Waals surface area (Å²) in [6, 6.07) is 8.47. The third-order valence-electron chi connectivity index (χ3n) is 7.28. The van der Waals surface area contributed by atoms with Gasteiger partial charge in [0.05, 0.1) is 40.4 Å². The van der Waals surface area contributed by atoms with Gasteiger partial charge in [0.2, 0.25) is 5.91 Å². The van der Waals surface area contributed by atoms with Crippen LogP contribution in [0.4, 0.5) is 0 Å². The first-order valence-electron chi connectivity index (χ1n) is 11.9. The number of hydrogen-bond acceptors (Lipinski definition) is 6. The molecule has 2 heterocycles. The van der Waals surface area contributed by atoms with E-state index in [1.165, 1.54) is 7.11 Å². The molecule has 1 saturated heterocycles. The van der Waals surface area contributed by atoms with Crippen molar-refractivity contribution >= 4 is 11.8 Å². The number of fused-ring (bicyclic) bond motifs is 1. The molecule has 2 aliphatic rings. The minimum atomic E-state index is -0.612. The maximum atomic E-state index is 14.2. The predicted molar refractivity (Wildman–Crippen MR) is 132 cm³/mol. The Bertz CT molecular complexity index is 1110. The predicted octanol–water partition coefficient (Wildman–Crippen LogP) is 3.89. The molecule has 0 unspecified atom stereocenters. The van der Waals surface area contributed by atoms with E-state index in [9.17, 15) is 9.59 Å². The summed E-state index contributed by atoms with van der Waals surface area (Å²) in [6.07, 6.45) is 1.93. The molecule has 0 N–H and O–H groups in total. The minimum Gasteiger partial charge on any atom is -0.493 e. The van der Waals surface area contributed by atoms with Crippen molar-refractivity contribution in [1.82, 2.24) is 9.80 Å². The standard InChI is InChI=1S/C27H34N2O6/c1-16-9-11-29(12-10-16)27(31)24-18-14-22(34-5)23(35-6)15-19(18)26(30)28(2)25(24)17-7-8-20(32-3)21(13-17)33-4/h7-8,13-16,24-25H,9-12H2,1-6H3/t24-,25+/m0/s1. The lowest BCUT2D eigenvalue weighted by Crippen LogP contribution is -2.48. The Balaban J connectivity index is 1.89. The van der Waals surface area contributed by atoms with Gasteiger partial charge >= 0.3 is 0 Å². The number of piperidine rings is 1. The summed E-state index contributed by atoms with van der Waals surface area (Å²) in [6.45, 7) is 3.62. The summed E-state index contributed by atoms with van der Waals surface area (Å²) in [7, 11) is 7.97. The first kappa shape index (κ1) is 24.7. The first-order valence-corrected chi connectivity index (χ1v) is 11.9. The number of likely N-dealkylation sites (tertiary alicyclic amines) is 1. The molecule has 0 aromatic heterocycles. The molecule has 0 spiro atoms. The fraction of sp³-hybridized carbons (Fsp3) is 0.481. The highest BCUT2D eigenvalue weighted by atomic mass is 16.5. The highest BCUT2D eigenvalue weighted by Gasteiger charge is 2.45. The van der Waals surface area contributed by atoms with Crippen LogP contribution in [0, 0.1) is 5.92 Å². The van der Waals surface area contributed by atoms with Crippen molar-refractivity contribution in [2.75, 3.05) is 48.6 Å². The van der Waals surface area contributed by atoms with Crippen molar-refractivity contribution in [2.45, 2.75) is 31.7 Å². The summed E-state index contributed by atoms with van der Waals surface area (Å²) in [5.41, 5.74) is 1.89. The van der Waals surface area contributed by atoms with Gasteiger partial charge in [0.15, 0.2) is 23.0 Å². The van der Waals surface area contributed by atoms with Crippen molar-refractivity contribution in [3.63, 3.8) is 0 Å². The maximum Gasteiger partial charge on any atom is 0.254 e. The van der Waals surface area contributed by atoms with E-state index in [4.69, 9.17) is 18.9 Å². The van der Waals surface area contributed by atoms with Crippen molar-refractivity contribution in [3.8, 4) is 23.0 Å². The second kappa shape index (κ2) is 10.1. The Morgan fingerprint density at radius 3 is 2.03 bits per heavy atom. The summed E-state index contributed by atoms with van der Waals surface area (Å²) in [5, 5.41) is 0. The number of nitrogens with zero attached hydrogens (tertiary/aromatic N) is 2. The lowest BCUT2D eigenvalue weighted by molar-refractivity contribution is -0.135. The normalized spacial score (nSPS) is 20.3. The topological polar surface area (TPSA) is 77.5 Å². The molecular formula is C27H34N2O6. The Morgan fingerprint density at radius 1 is 0.857 bits per heavy atom. The van der Waals surface area contributed by atoms with Crippen molar-refractivity contribution in [3.05, 3.63) is 47.0 Å². The number of carbonyl (C=O) groups is 2. The molecule has 2 atom stereocenters. The van der Waals surface area contributed by atoms with E-state index < -0.39 is 12.0 Å². The molecule has 2 aliphatic heterocycles. The molecule has 0 saturated carbocycles. The summed E-state index contributed by atoms with van der Waals surface area (Å²) in [5.74, 6) is 1.87. The molecule has 0 bridgehead atoms. The van der Waals surface area contributed by atoms with E-state index in [1.807, 2.05) is 17.0 Å². The van der Waals surface area contributed by atoms with Crippen LogP contribution in [0.15, 0.2) is 30.3 Å². The monoisotopic (exact) mass is 482 g/mol. The molecular weight excluding hydrogens is 448 g/mol. The van der Waals surface area contributed by atoms with Gasteiger partial charge in [-0.25, -0.2) is 0 Å². The second-order valence-corrected chi connectivity index (χ2v) is 9.26. The van der Waals surface area contributed by atoms with E-state index in [0.29, 0.717) is 53.1 Å². The summed E-state index contributed by atoms with van der Waals surface area (Å²) < 4.78 is 21.9. The zero-order valence-electron chi connectivity index (χ0n) is 21.3. The van der Waals surface area contributed by atoms with Crippen LogP contribution in [0.5, 0.6) is 23.0 Å². The molecule has 188 valence electrons. The van der Waals surface area contributed by atoms with Gasteiger partial charge in [-0.2, -0.15) is 0 Å². The van der Waals surface area contributed by atoms with Gasteiger partial charge in [-0.05, 0) is 54.2 Å². The van der Waals surface area contributed by atoms with Gasteiger partial charge in [-0.1, -0.05) is 13.0 Å². The van der Waals surface area contributed by atoms with Crippen LogP contribution in [0.2, 0.25) is 0 Å². The smallest absolute Gasteiger partial charge is 0.254 e. The third-order valence-corrected chi connectivity index (χ3v) is 7.28. The van der Waals surface area contributed by atoms with E-state index in [-0.39, 0.29) is 11.8 Å². The van der Waals surface area contributed by atoms with Crippen LogP contribution >= 0.6 is 0 Å². The van der Waals surface area contributed by atoms with Gasteiger partial charge in [-0.15, -0.1) is 0 Å². The molecule has 8 nitrogen and oxygen atoms in total. The summed E-state index contributed by atoms with van der Waals surface area (Å²) in [4.78, 5) is 31.3. The van der Waals surface area contributed by atoms with Crippen LogP contribution < -0.4 is 18.9 Å². The largest absolute Gasteiger partial charge is 0.493 e. The Kier molecular flexibility index (Phi) is 7.10.